The Kier molecular flexibility index (Phi) is 5.65. The molecule has 0 bridgehead atoms. The molecule has 0 aromatic heterocycles. The molecule has 0 saturated heterocycles. The molecule has 2 rings (SSSR count). The molecular weight excluding hydrogens is 358 g/mol. The van der Waals surface area contributed by atoms with Gasteiger partial charge in [-0.15, -0.1) is 0 Å². The van der Waals surface area contributed by atoms with Crippen molar-refractivity contribution in [3.05, 3.63) is 63.6 Å². The van der Waals surface area contributed by atoms with Crippen molar-refractivity contribution in [2.24, 2.45) is 5.10 Å². The predicted molar refractivity (Wildman–Crippen MR) is 94.4 cm³/mol. The summed E-state index contributed by atoms with van der Waals surface area (Å²) in [7, 11) is 0. The molecule has 0 saturated carbocycles. The summed E-state index contributed by atoms with van der Waals surface area (Å²) >= 11 is 3.30. The van der Waals surface area contributed by atoms with Crippen molar-refractivity contribution < 1.29 is 9.59 Å². The highest BCUT2D eigenvalue weighted by Crippen LogP contribution is 2.13. The van der Waals surface area contributed by atoms with Gasteiger partial charge < -0.3 is 5.32 Å². The Balaban J connectivity index is 1.90. The van der Waals surface area contributed by atoms with Crippen LogP contribution in [0.1, 0.15) is 16.7 Å². The van der Waals surface area contributed by atoms with Gasteiger partial charge in [0.2, 0.25) is 0 Å². The summed E-state index contributed by atoms with van der Waals surface area (Å²) in [4.78, 5) is 23.4. The van der Waals surface area contributed by atoms with Crippen LogP contribution in [-0.4, -0.2) is 18.0 Å². The van der Waals surface area contributed by atoms with E-state index in [0.717, 1.165) is 15.6 Å². The minimum absolute atomic E-state index is 0.534. The van der Waals surface area contributed by atoms with Crippen LogP contribution >= 0.6 is 15.9 Å². The second-order valence-electron chi connectivity index (χ2n) is 5.00. The highest BCUT2D eigenvalue weighted by molar-refractivity contribution is 9.10. The first-order chi connectivity index (χ1) is 11.0. The second-order valence-corrected chi connectivity index (χ2v) is 5.92. The molecule has 6 heteroatoms. The van der Waals surface area contributed by atoms with Crippen LogP contribution in [0, 0.1) is 13.8 Å². The van der Waals surface area contributed by atoms with Gasteiger partial charge in [0.05, 0.1) is 6.21 Å². The van der Waals surface area contributed by atoms with Gasteiger partial charge in [-0.2, -0.15) is 5.10 Å². The summed E-state index contributed by atoms with van der Waals surface area (Å²) < 4.78 is 0.887. The molecule has 0 heterocycles. The maximum Gasteiger partial charge on any atom is 0.329 e. The standard InChI is InChI=1S/C17H16BrN3O2/c1-11-3-4-13(9-12(11)2)10-19-21-17(23)16(22)20-15-7-5-14(18)6-8-15/h3-10H,1-2H3,(H,20,22)(H,21,23). The van der Waals surface area contributed by atoms with Crippen LogP contribution in [0.4, 0.5) is 5.69 Å². The molecule has 0 atom stereocenters. The topological polar surface area (TPSA) is 70.6 Å². The number of hydrogen-bond acceptors (Lipinski definition) is 3. The van der Waals surface area contributed by atoms with E-state index in [1.807, 2.05) is 32.0 Å². The van der Waals surface area contributed by atoms with Crippen LogP contribution in [0.25, 0.3) is 0 Å². The molecule has 23 heavy (non-hydrogen) atoms. The number of carbonyl (C=O) groups is 2. The number of benzene rings is 2. The zero-order chi connectivity index (χ0) is 16.8. The largest absolute Gasteiger partial charge is 0.329 e. The van der Waals surface area contributed by atoms with Crippen molar-refractivity contribution in [2.45, 2.75) is 13.8 Å². The number of anilines is 1. The third-order valence-corrected chi connectivity index (χ3v) is 3.75. The van der Waals surface area contributed by atoms with E-state index in [9.17, 15) is 9.59 Å². The molecule has 2 aromatic carbocycles. The second kappa shape index (κ2) is 7.69. The van der Waals surface area contributed by atoms with E-state index >= 15 is 0 Å². The van der Waals surface area contributed by atoms with Crippen LogP contribution in [0.15, 0.2) is 52.0 Å². The summed E-state index contributed by atoms with van der Waals surface area (Å²) in [6.07, 6.45) is 1.50. The van der Waals surface area contributed by atoms with E-state index in [2.05, 4.69) is 31.8 Å². The van der Waals surface area contributed by atoms with Crippen molar-refractivity contribution >= 4 is 39.6 Å². The van der Waals surface area contributed by atoms with Crippen LogP contribution in [0.2, 0.25) is 0 Å². The normalized spacial score (nSPS) is 10.6. The van der Waals surface area contributed by atoms with E-state index in [1.165, 1.54) is 11.8 Å². The Bertz CT molecular complexity index is 755. The molecule has 0 fully saturated rings. The number of halogens is 1. The SMILES string of the molecule is Cc1ccc(C=NNC(=O)C(=O)Nc2ccc(Br)cc2)cc1C. The summed E-state index contributed by atoms with van der Waals surface area (Å²) in [5, 5.41) is 6.28. The van der Waals surface area contributed by atoms with Crippen LogP contribution in [0.3, 0.4) is 0 Å². The molecule has 2 aromatic rings. The number of carbonyl (C=O) groups excluding carboxylic acids is 2. The van der Waals surface area contributed by atoms with Gasteiger partial charge in [-0.3, -0.25) is 9.59 Å². The van der Waals surface area contributed by atoms with Gasteiger partial charge in [-0.25, -0.2) is 5.43 Å². The van der Waals surface area contributed by atoms with Crippen LogP contribution in [-0.2, 0) is 9.59 Å². The zero-order valence-electron chi connectivity index (χ0n) is 12.8. The summed E-state index contributed by atoms with van der Waals surface area (Å²) in [6, 6.07) is 12.7. The Morgan fingerprint density at radius 2 is 1.70 bits per heavy atom. The molecule has 0 radical (unpaired) electrons. The van der Waals surface area contributed by atoms with Crippen molar-refractivity contribution in [3.8, 4) is 0 Å². The van der Waals surface area contributed by atoms with Gasteiger partial charge in [-0.1, -0.05) is 34.1 Å². The fourth-order valence-corrected chi connectivity index (χ4v) is 2.05. The predicted octanol–water partition coefficient (Wildman–Crippen LogP) is 3.15. The lowest BCUT2D eigenvalue weighted by molar-refractivity contribution is -0.136. The smallest absolute Gasteiger partial charge is 0.318 e. The first-order valence-corrected chi connectivity index (χ1v) is 7.72. The van der Waals surface area contributed by atoms with E-state index in [0.29, 0.717) is 5.69 Å². The van der Waals surface area contributed by atoms with E-state index in [-0.39, 0.29) is 0 Å². The van der Waals surface area contributed by atoms with Crippen molar-refractivity contribution in [1.29, 1.82) is 0 Å². The molecule has 2 amide bonds. The lowest BCUT2D eigenvalue weighted by Gasteiger charge is -2.04. The summed E-state index contributed by atoms with van der Waals surface area (Å²) in [6.45, 7) is 4.02. The van der Waals surface area contributed by atoms with Gasteiger partial charge >= 0.3 is 11.8 Å². The van der Waals surface area contributed by atoms with E-state index in [4.69, 9.17) is 0 Å². The third kappa shape index (κ3) is 5.03. The van der Waals surface area contributed by atoms with Gasteiger partial charge in [-0.05, 0) is 54.8 Å². The molecule has 0 aliphatic carbocycles. The quantitative estimate of drug-likeness (QED) is 0.492. The van der Waals surface area contributed by atoms with Gasteiger partial charge in [0.15, 0.2) is 0 Å². The number of aryl methyl sites for hydroxylation is 2. The monoisotopic (exact) mass is 373 g/mol. The molecule has 0 aliphatic rings. The Morgan fingerprint density at radius 3 is 2.35 bits per heavy atom. The highest BCUT2D eigenvalue weighted by Gasteiger charge is 2.12. The highest BCUT2D eigenvalue weighted by atomic mass is 79.9. The number of nitrogens with zero attached hydrogens (tertiary/aromatic N) is 1. The number of hydrogen-bond donors (Lipinski definition) is 2. The lowest BCUT2D eigenvalue weighted by atomic mass is 10.1. The zero-order valence-corrected chi connectivity index (χ0v) is 14.3. The van der Waals surface area contributed by atoms with Gasteiger partial charge in [0, 0.05) is 10.2 Å². The third-order valence-electron chi connectivity index (χ3n) is 3.22. The molecule has 0 spiro atoms. The maximum absolute atomic E-state index is 11.7. The summed E-state index contributed by atoms with van der Waals surface area (Å²) in [5.74, 6) is -1.60. The Hall–Kier alpha value is -2.47. The number of nitrogens with one attached hydrogen (secondary N) is 2. The molecule has 0 unspecified atom stereocenters. The molecule has 5 nitrogen and oxygen atoms in total. The van der Waals surface area contributed by atoms with Crippen molar-refractivity contribution in [3.63, 3.8) is 0 Å². The molecule has 2 N–H and O–H groups in total. The van der Waals surface area contributed by atoms with Crippen LogP contribution in [0.5, 0.6) is 0 Å². The van der Waals surface area contributed by atoms with Crippen molar-refractivity contribution in [2.75, 3.05) is 5.32 Å². The lowest BCUT2D eigenvalue weighted by Crippen LogP contribution is -2.32. The molecule has 118 valence electrons. The number of amides is 2. The summed E-state index contributed by atoms with van der Waals surface area (Å²) in [5.41, 5.74) is 5.90. The molecule has 0 aliphatic heterocycles. The average molecular weight is 374 g/mol. The van der Waals surface area contributed by atoms with Gasteiger partial charge in [0.1, 0.15) is 0 Å². The average Bonchev–Trinajstić information content (AvgIpc) is 2.53. The Labute approximate surface area is 142 Å². The van der Waals surface area contributed by atoms with E-state index < -0.39 is 11.8 Å². The van der Waals surface area contributed by atoms with E-state index in [1.54, 1.807) is 24.3 Å². The first-order valence-electron chi connectivity index (χ1n) is 6.93. The minimum Gasteiger partial charge on any atom is -0.318 e. The van der Waals surface area contributed by atoms with Crippen molar-refractivity contribution in [1.82, 2.24) is 5.43 Å². The first kappa shape index (κ1) is 16.9. The molecular formula is C17H16BrN3O2. The fraction of sp³-hybridized carbons (Fsp3) is 0.118. The van der Waals surface area contributed by atoms with Crippen LogP contribution < -0.4 is 10.7 Å². The maximum atomic E-state index is 11.7. The van der Waals surface area contributed by atoms with Gasteiger partial charge in [0.25, 0.3) is 0 Å². The minimum atomic E-state index is -0.826. The number of hydrazone groups is 1. The number of rotatable bonds is 3. The fourth-order valence-electron chi connectivity index (χ4n) is 1.78. The Morgan fingerprint density at radius 1 is 1.00 bits per heavy atom.